The van der Waals surface area contributed by atoms with Crippen molar-refractivity contribution in [1.82, 2.24) is 0 Å². The molecule has 0 bridgehead atoms. The van der Waals surface area contributed by atoms with E-state index in [-0.39, 0.29) is 11.7 Å². The number of anilines is 1. The lowest BCUT2D eigenvalue weighted by Crippen LogP contribution is -2.11. The maximum Gasteiger partial charge on any atom is 0.266 e. The van der Waals surface area contributed by atoms with Crippen molar-refractivity contribution in [3.8, 4) is 0 Å². The highest BCUT2D eigenvalue weighted by Gasteiger charge is 2.18. The zero-order valence-electron chi connectivity index (χ0n) is 12.0. The first-order valence-corrected chi connectivity index (χ1v) is 8.33. The van der Waals surface area contributed by atoms with E-state index in [0.717, 1.165) is 14.7 Å². The van der Waals surface area contributed by atoms with Gasteiger partial charge in [-0.25, -0.2) is 4.39 Å². The minimum absolute atomic E-state index is 0.220. The van der Waals surface area contributed by atoms with Gasteiger partial charge in [-0.15, -0.1) is 11.3 Å². The van der Waals surface area contributed by atoms with E-state index in [1.54, 1.807) is 13.0 Å². The molecule has 0 aliphatic rings. The summed E-state index contributed by atoms with van der Waals surface area (Å²) >= 11 is 4.75. The molecule has 2 nitrogen and oxygen atoms in total. The van der Waals surface area contributed by atoms with E-state index >= 15 is 0 Å². The highest BCUT2D eigenvalue weighted by Crippen LogP contribution is 2.33. The molecule has 22 heavy (non-hydrogen) atoms. The molecule has 0 radical (unpaired) electrons. The molecule has 2 aromatic carbocycles. The summed E-state index contributed by atoms with van der Waals surface area (Å²) in [7, 11) is 0. The number of halogens is 2. The van der Waals surface area contributed by atoms with Gasteiger partial charge in [-0.2, -0.15) is 0 Å². The Labute approximate surface area is 140 Å². The molecule has 1 aromatic heterocycles. The molecule has 5 heteroatoms. The third-order valence-electron chi connectivity index (χ3n) is 3.48. The molecule has 3 aromatic rings. The first kappa shape index (κ1) is 15.2. The molecule has 1 amide bonds. The Morgan fingerprint density at radius 2 is 2.00 bits per heavy atom. The fourth-order valence-corrected chi connectivity index (χ4v) is 4.08. The standard InChI is InChI=1S/C17H13BrFNOS/c1-9-6-7-13(11(18)8-9)20-17(21)16-10(2)15-12(19)4-3-5-14(15)22-16/h3-8H,1-2H3,(H,20,21). The number of hydrogen-bond acceptors (Lipinski definition) is 2. The predicted octanol–water partition coefficient (Wildman–Crippen LogP) is 5.67. The van der Waals surface area contributed by atoms with Crippen molar-refractivity contribution in [2.24, 2.45) is 0 Å². The Balaban J connectivity index is 1.99. The van der Waals surface area contributed by atoms with E-state index in [1.807, 2.05) is 31.2 Å². The highest BCUT2D eigenvalue weighted by atomic mass is 79.9. The number of hydrogen-bond donors (Lipinski definition) is 1. The molecule has 0 unspecified atom stereocenters. The van der Waals surface area contributed by atoms with Gasteiger partial charge in [-0.05, 0) is 65.2 Å². The van der Waals surface area contributed by atoms with Crippen molar-refractivity contribution in [2.45, 2.75) is 13.8 Å². The monoisotopic (exact) mass is 377 g/mol. The Morgan fingerprint density at radius 1 is 1.23 bits per heavy atom. The zero-order valence-corrected chi connectivity index (χ0v) is 14.4. The van der Waals surface area contributed by atoms with E-state index in [0.29, 0.717) is 21.5 Å². The second-order valence-corrected chi connectivity index (χ2v) is 7.01. The number of rotatable bonds is 2. The predicted molar refractivity (Wildman–Crippen MR) is 93.4 cm³/mol. The van der Waals surface area contributed by atoms with Crippen LogP contribution in [0.2, 0.25) is 0 Å². The van der Waals surface area contributed by atoms with Crippen LogP contribution >= 0.6 is 27.3 Å². The molecule has 0 aliphatic carbocycles. The van der Waals surface area contributed by atoms with Gasteiger partial charge in [0.15, 0.2) is 0 Å². The molecule has 1 heterocycles. The van der Waals surface area contributed by atoms with Crippen LogP contribution in [0.15, 0.2) is 40.9 Å². The molecule has 0 saturated heterocycles. The van der Waals surface area contributed by atoms with Gasteiger partial charge in [0.1, 0.15) is 5.82 Å². The third kappa shape index (κ3) is 2.66. The average molecular weight is 378 g/mol. The topological polar surface area (TPSA) is 29.1 Å². The lowest BCUT2D eigenvalue weighted by atomic mass is 10.1. The van der Waals surface area contributed by atoms with Gasteiger partial charge >= 0.3 is 0 Å². The van der Waals surface area contributed by atoms with Crippen molar-refractivity contribution < 1.29 is 9.18 Å². The van der Waals surface area contributed by atoms with Crippen LogP contribution in [0.1, 0.15) is 20.8 Å². The van der Waals surface area contributed by atoms with Crippen molar-refractivity contribution in [1.29, 1.82) is 0 Å². The van der Waals surface area contributed by atoms with Gasteiger partial charge in [0, 0.05) is 14.6 Å². The number of fused-ring (bicyclic) bond motifs is 1. The van der Waals surface area contributed by atoms with Crippen molar-refractivity contribution in [3.05, 3.63) is 62.7 Å². The Kier molecular flexibility index (Phi) is 4.02. The number of aryl methyl sites for hydroxylation is 2. The molecule has 112 valence electrons. The molecular formula is C17H13BrFNOS. The van der Waals surface area contributed by atoms with Crippen LogP contribution < -0.4 is 5.32 Å². The normalized spacial score (nSPS) is 10.9. The first-order chi connectivity index (χ1) is 10.5. The Morgan fingerprint density at radius 3 is 2.68 bits per heavy atom. The van der Waals surface area contributed by atoms with Crippen molar-refractivity contribution in [3.63, 3.8) is 0 Å². The van der Waals surface area contributed by atoms with Crippen LogP contribution in [0.4, 0.5) is 10.1 Å². The summed E-state index contributed by atoms with van der Waals surface area (Å²) < 4.78 is 15.5. The Bertz CT molecular complexity index is 888. The van der Waals surface area contributed by atoms with Gasteiger partial charge in [0.05, 0.1) is 10.6 Å². The van der Waals surface area contributed by atoms with E-state index in [9.17, 15) is 9.18 Å². The number of benzene rings is 2. The molecule has 0 fully saturated rings. The maximum absolute atomic E-state index is 13.9. The highest BCUT2D eigenvalue weighted by molar-refractivity contribution is 9.10. The molecule has 0 aliphatic heterocycles. The molecule has 1 N–H and O–H groups in total. The van der Waals surface area contributed by atoms with Gasteiger partial charge in [-0.1, -0.05) is 12.1 Å². The summed E-state index contributed by atoms with van der Waals surface area (Å²) in [5.74, 6) is -0.510. The maximum atomic E-state index is 13.9. The lowest BCUT2D eigenvalue weighted by molar-refractivity contribution is 0.103. The first-order valence-electron chi connectivity index (χ1n) is 6.72. The minimum atomic E-state index is -0.290. The average Bonchev–Trinajstić information content (AvgIpc) is 2.80. The molecular weight excluding hydrogens is 365 g/mol. The van der Waals surface area contributed by atoms with Crippen LogP contribution in [-0.2, 0) is 0 Å². The van der Waals surface area contributed by atoms with Gasteiger partial charge in [0.2, 0.25) is 0 Å². The zero-order chi connectivity index (χ0) is 15.9. The molecule has 0 spiro atoms. The summed E-state index contributed by atoms with van der Waals surface area (Å²) in [5, 5.41) is 3.41. The quantitative estimate of drug-likeness (QED) is 0.612. The van der Waals surface area contributed by atoms with Crippen LogP contribution in [0.5, 0.6) is 0 Å². The molecule has 0 saturated carbocycles. The summed E-state index contributed by atoms with van der Waals surface area (Å²) in [6.07, 6.45) is 0. The van der Waals surface area contributed by atoms with Gasteiger partial charge in [0.25, 0.3) is 5.91 Å². The molecule has 0 atom stereocenters. The van der Waals surface area contributed by atoms with Crippen LogP contribution in [0.3, 0.4) is 0 Å². The van der Waals surface area contributed by atoms with Crippen LogP contribution in [0, 0.1) is 19.7 Å². The van der Waals surface area contributed by atoms with Crippen molar-refractivity contribution >= 4 is 48.9 Å². The number of amides is 1. The smallest absolute Gasteiger partial charge is 0.266 e. The number of nitrogens with one attached hydrogen (secondary N) is 1. The van der Waals surface area contributed by atoms with E-state index < -0.39 is 0 Å². The Hall–Kier alpha value is -1.72. The number of carbonyl (C=O) groups is 1. The van der Waals surface area contributed by atoms with Crippen LogP contribution in [0.25, 0.3) is 10.1 Å². The van der Waals surface area contributed by atoms with E-state index in [2.05, 4.69) is 21.2 Å². The second kappa shape index (κ2) is 5.82. The van der Waals surface area contributed by atoms with E-state index in [4.69, 9.17) is 0 Å². The summed E-state index contributed by atoms with van der Waals surface area (Å²) in [5.41, 5.74) is 2.48. The SMILES string of the molecule is Cc1ccc(NC(=O)c2sc3cccc(F)c3c2C)c(Br)c1. The molecule has 3 rings (SSSR count). The van der Waals surface area contributed by atoms with Gasteiger partial charge < -0.3 is 5.32 Å². The number of carbonyl (C=O) groups excluding carboxylic acids is 1. The summed E-state index contributed by atoms with van der Waals surface area (Å²) in [6, 6.07) is 10.6. The fourth-order valence-electron chi connectivity index (χ4n) is 2.37. The fraction of sp³-hybridized carbons (Fsp3) is 0.118. The number of thiophene rings is 1. The van der Waals surface area contributed by atoms with Crippen molar-refractivity contribution in [2.75, 3.05) is 5.32 Å². The lowest BCUT2D eigenvalue weighted by Gasteiger charge is -2.07. The second-order valence-electron chi connectivity index (χ2n) is 5.11. The third-order valence-corrected chi connectivity index (χ3v) is 5.39. The van der Waals surface area contributed by atoms with Crippen LogP contribution in [-0.4, -0.2) is 5.91 Å². The summed E-state index contributed by atoms with van der Waals surface area (Å²) in [6.45, 7) is 3.76. The summed E-state index contributed by atoms with van der Waals surface area (Å²) in [4.78, 5) is 13.0. The minimum Gasteiger partial charge on any atom is -0.320 e. The van der Waals surface area contributed by atoms with E-state index in [1.165, 1.54) is 17.4 Å². The van der Waals surface area contributed by atoms with Gasteiger partial charge in [-0.3, -0.25) is 4.79 Å². The largest absolute Gasteiger partial charge is 0.320 e.